The lowest BCUT2D eigenvalue weighted by Gasteiger charge is -2.16. The average Bonchev–Trinajstić information content (AvgIpc) is 3.02. The zero-order valence-corrected chi connectivity index (χ0v) is 15.4. The van der Waals surface area contributed by atoms with Crippen molar-refractivity contribution in [2.24, 2.45) is 5.92 Å². The molecule has 0 radical (unpaired) electrons. The molecular formula is C19H18F3NO3S. The minimum absolute atomic E-state index is 0.369. The highest BCUT2D eigenvalue weighted by molar-refractivity contribution is 7.14. The van der Waals surface area contributed by atoms with Gasteiger partial charge in [-0.25, -0.2) is 4.79 Å². The van der Waals surface area contributed by atoms with Crippen molar-refractivity contribution in [2.45, 2.75) is 32.4 Å². The van der Waals surface area contributed by atoms with Gasteiger partial charge in [0, 0.05) is 4.88 Å². The molecule has 4 nitrogen and oxygen atoms in total. The zero-order valence-electron chi connectivity index (χ0n) is 14.6. The summed E-state index contributed by atoms with van der Waals surface area (Å²) in [6.07, 6.45) is -1.69. The highest BCUT2D eigenvalue weighted by atomic mass is 32.1. The quantitative estimate of drug-likeness (QED) is 0.762. The molecule has 1 amide bonds. The second-order valence-corrected chi connectivity index (χ2v) is 7.71. The van der Waals surface area contributed by atoms with Crippen LogP contribution in [0, 0.1) is 5.92 Å². The number of carbonyl (C=O) groups excluding carboxylic acids is 2. The number of esters is 1. The summed E-state index contributed by atoms with van der Waals surface area (Å²) >= 11 is 1.35. The first kappa shape index (κ1) is 19.4. The topological polar surface area (TPSA) is 55.4 Å². The van der Waals surface area contributed by atoms with Gasteiger partial charge < -0.3 is 10.1 Å². The number of hydrogen-bond acceptors (Lipinski definition) is 4. The molecule has 1 aliphatic carbocycles. The van der Waals surface area contributed by atoms with E-state index in [1.807, 2.05) is 0 Å². The number of rotatable bonds is 4. The first-order valence-electron chi connectivity index (χ1n) is 8.49. The third-order valence-corrected chi connectivity index (χ3v) is 5.59. The standard InChI is InChI=1S/C19H18F3NO3S/c1-11-6-7-15-12(8-11)9-16(27-15)18(25)26-10-17(24)23-14-5-3-2-4-13(14)19(20,21)22/h2-5,9,11H,6-8,10H2,1H3,(H,23,24)/t11-/m0/s1. The lowest BCUT2D eigenvalue weighted by molar-refractivity contribution is -0.137. The molecule has 1 atom stereocenters. The predicted molar refractivity (Wildman–Crippen MR) is 95.9 cm³/mol. The fourth-order valence-corrected chi connectivity index (χ4v) is 4.14. The van der Waals surface area contributed by atoms with E-state index in [0.29, 0.717) is 10.8 Å². The Bertz CT molecular complexity index is 860. The van der Waals surface area contributed by atoms with Crippen molar-refractivity contribution in [3.8, 4) is 0 Å². The maximum Gasteiger partial charge on any atom is 0.418 e. The molecule has 0 spiro atoms. The number of amides is 1. The fraction of sp³-hybridized carbons (Fsp3) is 0.368. The maximum absolute atomic E-state index is 12.9. The van der Waals surface area contributed by atoms with Gasteiger partial charge in [0.05, 0.1) is 11.3 Å². The van der Waals surface area contributed by atoms with E-state index in [1.54, 1.807) is 6.07 Å². The summed E-state index contributed by atoms with van der Waals surface area (Å²) in [5.41, 5.74) is -0.189. The number of anilines is 1. The molecule has 1 aromatic carbocycles. The number of alkyl halides is 3. The number of ether oxygens (including phenoxy) is 1. The van der Waals surface area contributed by atoms with E-state index in [-0.39, 0.29) is 5.69 Å². The minimum Gasteiger partial charge on any atom is -0.451 e. The number of nitrogens with one attached hydrogen (secondary N) is 1. The summed E-state index contributed by atoms with van der Waals surface area (Å²) < 4.78 is 43.8. The predicted octanol–water partition coefficient (Wildman–Crippen LogP) is 4.69. The molecule has 1 aliphatic rings. The lowest BCUT2D eigenvalue weighted by Crippen LogP contribution is -2.22. The van der Waals surface area contributed by atoms with Crippen molar-refractivity contribution in [1.29, 1.82) is 0 Å². The minimum atomic E-state index is -4.59. The first-order chi connectivity index (χ1) is 12.7. The van der Waals surface area contributed by atoms with Crippen LogP contribution < -0.4 is 5.32 Å². The van der Waals surface area contributed by atoms with Crippen molar-refractivity contribution in [3.63, 3.8) is 0 Å². The van der Waals surface area contributed by atoms with Gasteiger partial charge in [-0.05, 0) is 48.9 Å². The summed E-state index contributed by atoms with van der Waals surface area (Å²) in [6.45, 7) is 1.51. The van der Waals surface area contributed by atoms with Crippen molar-refractivity contribution in [1.82, 2.24) is 0 Å². The van der Waals surface area contributed by atoms with Crippen LogP contribution in [0.1, 0.15) is 39.0 Å². The van der Waals surface area contributed by atoms with Crippen molar-refractivity contribution in [3.05, 3.63) is 51.2 Å². The van der Waals surface area contributed by atoms with E-state index in [0.717, 1.165) is 41.8 Å². The van der Waals surface area contributed by atoms with Gasteiger partial charge in [0.15, 0.2) is 6.61 Å². The van der Waals surface area contributed by atoms with E-state index in [1.165, 1.54) is 23.5 Å². The SMILES string of the molecule is C[C@H]1CCc2sc(C(=O)OCC(=O)Nc3ccccc3C(F)(F)F)cc2C1. The Hall–Kier alpha value is -2.35. The summed E-state index contributed by atoms with van der Waals surface area (Å²) in [5, 5.41) is 2.15. The molecule has 0 unspecified atom stereocenters. The molecule has 0 saturated heterocycles. The normalized spacial score (nSPS) is 16.5. The van der Waals surface area contributed by atoms with Crippen LogP contribution in [0.2, 0.25) is 0 Å². The van der Waals surface area contributed by atoms with Crippen molar-refractivity contribution >= 4 is 28.9 Å². The average molecular weight is 397 g/mol. The Morgan fingerprint density at radius 3 is 2.78 bits per heavy atom. The van der Waals surface area contributed by atoms with Gasteiger partial charge >= 0.3 is 12.1 Å². The molecule has 0 fully saturated rings. The van der Waals surface area contributed by atoms with Crippen LogP contribution in [0.3, 0.4) is 0 Å². The summed E-state index contributed by atoms with van der Waals surface area (Å²) in [4.78, 5) is 25.6. The number of hydrogen-bond donors (Lipinski definition) is 1. The van der Waals surface area contributed by atoms with Gasteiger partial charge in [-0.3, -0.25) is 4.79 Å². The maximum atomic E-state index is 12.9. The van der Waals surface area contributed by atoms with Gasteiger partial charge in [0.1, 0.15) is 4.88 Å². The molecule has 27 heavy (non-hydrogen) atoms. The molecule has 1 aromatic heterocycles. The van der Waals surface area contributed by atoms with E-state index < -0.39 is 30.2 Å². The van der Waals surface area contributed by atoms with Gasteiger partial charge in [0.25, 0.3) is 5.91 Å². The molecule has 2 aromatic rings. The molecule has 1 N–H and O–H groups in total. The summed E-state index contributed by atoms with van der Waals surface area (Å²) in [6, 6.07) is 6.43. The first-order valence-corrected chi connectivity index (χ1v) is 9.30. The Labute approximate surface area is 158 Å². The molecule has 1 heterocycles. The van der Waals surface area contributed by atoms with Gasteiger partial charge in [-0.2, -0.15) is 13.2 Å². The van der Waals surface area contributed by atoms with E-state index in [4.69, 9.17) is 4.74 Å². The summed E-state index contributed by atoms with van der Waals surface area (Å²) in [5.74, 6) is -0.897. The second kappa shape index (κ2) is 7.72. The number of halogens is 3. The molecule has 8 heteroatoms. The van der Waals surface area contributed by atoms with Crippen LogP contribution in [0.25, 0.3) is 0 Å². The summed E-state index contributed by atoms with van der Waals surface area (Å²) in [7, 11) is 0. The van der Waals surface area contributed by atoms with Crippen LogP contribution in [0.5, 0.6) is 0 Å². The molecule has 144 valence electrons. The second-order valence-electron chi connectivity index (χ2n) is 6.57. The van der Waals surface area contributed by atoms with E-state index >= 15 is 0 Å². The number of fused-ring (bicyclic) bond motifs is 1. The highest BCUT2D eigenvalue weighted by Crippen LogP contribution is 2.35. The fourth-order valence-electron chi connectivity index (χ4n) is 3.03. The van der Waals surface area contributed by atoms with Crippen LogP contribution in [0.15, 0.2) is 30.3 Å². The lowest BCUT2D eigenvalue weighted by atomic mass is 9.90. The number of carbonyl (C=O) groups is 2. The van der Waals surface area contributed by atoms with Crippen LogP contribution in [0.4, 0.5) is 18.9 Å². The van der Waals surface area contributed by atoms with Crippen LogP contribution in [-0.2, 0) is 28.5 Å². The smallest absolute Gasteiger partial charge is 0.418 e. The van der Waals surface area contributed by atoms with E-state index in [9.17, 15) is 22.8 Å². The monoisotopic (exact) mass is 397 g/mol. The largest absolute Gasteiger partial charge is 0.451 e. The Morgan fingerprint density at radius 1 is 1.30 bits per heavy atom. The Morgan fingerprint density at radius 2 is 2.04 bits per heavy atom. The number of para-hydroxylation sites is 1. The molecular weight excluding hydrogens is 379 g/mol. The highest BCUT2D eigenvalue weighted by Gasteiger charge is 2.33. The third kappa shape index (κ3) is 4.68. The van der Waals surface area contributed by atoms with Gasteiger partial charge in [0.2, 0.25) is 0 Å². The number of benzene rings is 1. The Balaban J connectivity index is 1.59. The molecule has 0 bridgehead atoms. The number of thiophene rings is 1. The van der Waals surface area contributed by atoms with Crippen molar-refractivity contribution in [2.75, 3.05) is 11.9 Å². The Kier molecular flexibility index (Phi) is 5.55. The van der Waals surface area contributed by atoms with Crippen LogP contribution >= 0.6 is 11.3 Å². The van der Waals surface area contributed by atoms with Gasteiger partial charge in [-0.1, -0.05) is 19.1 Å². The van der Waals surface area contributed by atoms with Crippen LogP contribution in [-0.4, -0.2) is 18.5 Å². The van der Waals surface area contributed by atoms with E-state index in [2.05, 4.69) is 12.2 Å². The zero-order chi connectivity index (χ0) is 19.6. The molecule has 0 aliphatic heterocycles. The van der Waals surface area contributed by atoms with Gasteiger partial charge in [-0.15, -0.1) is 11.3 Å². The third-order valence-electron chi connectivity index (χ3n) is 4.37. The molecule has 3 rings (SSSR count). The molecule has 0 saturated carbocycles. The van der Waals surface area contributed by atoms with Crippen molar-refractivity contribution < 1.29 is 27.5 Å². The number of aryl methyl sites for hydroxylation is 1.